The minimum absolute atomic E-state index is 0.597. The molecule has 0 aliphatic rings. The molecule has 0 radical (unpaired) electrons. The summed E-state index contributed by atoms with van der Waals surface area (Å²) in [4.78, 5) is 3.13. The zero-order valence-electron chi connectivity index (χ0n) is 12.6. The van der Waals surface area contributed by atoms with Crippen molar-refractivity contribution >= 4 is 17.2 Å². The van der Waals surface area contributed by atoms with E-state index in [1.54, 1.807) is 0 Å². The first kappa shape index (κ1) is 17.8. The Morgan fingerprint density at radius 2 is 1.56 bits per heavy atom. The fourth-order valence-electron chi connectivity index (χ4n) is 2.15. The summed E-state index contributed by atoms with van der Waals surface area (Å²) in [5.41, 5.74) is 5.57. The van der Waals surface area contributed by atoms with E-state index in [0.717, 1.165) is 13.0 Å². The minimum Gasteiger partial charge on any atom is -0.393 e. The maximum absolute atomic E-state index is 5.57. The molecule has 2 nitrogen and oxygen atoms in total. The zero-order valence-corrected chi connectivity index (χ0v) is 13.4. The quantitative estimate of drug-likeness (QED) is 0.428. The van der Waals surface area contributed by atoms with Crippen LogP contribution in [0.1, 0.15) is 72.1 Å². The number of hydrogen-bond acceptors (Lipinski definition) is 2. The van der Waals surface area contributed by atoms with Crippen LogP contribution in [0.5, 0.6) is 0 Å². The van der Waals surface area contributed by atoms with Gasteiger partial charge in [0.1, 0.15) is 0 Å². The molecule has 108 valence electrons. The van der Waals surface area contributed by atoms with Crippen LogP contribution < -0.4 is 5.73 Å². The van der Waals surface area contributed by atoms with Gasteiger partial charge in [0.15, 0.2) is 0 Å². The van der Waals surface area contributed by atoms with E-state index >= 15 is 0 Å². The largest absolute Gasteiger partial charge is 0.393 e. The molecule has 0 unspecified atom stereocenters. The molecule has 0 rings (SSSR count). The fourth-order valence-corrected chi connectivity index (χ4v) is 2.25. The molecule has 0 fully saturated rings. The normalized spacial score (nSPS) is 11.4. The van der Waals surface area contributed by atoms with Crippen LogP contribution in [0.2, 0.25) is 0 Å². The van der Waals surface area contributed by atoms with E-state index in [2.05, 4.69) is 25.7 Å². The minimum atomic E-state index is 0.597. The Hall–Kier alpha value is -0.150. The van der Waals surface area contributed by atoms with Gasteiger partial charge in [-0.1, -0.05) is 57.7 Å². The van der Waals surface area contributed by atoms with Gasteiger partial charge >= 0.3 is 0 Å². The predicted molar refractivity (Wildman–Crippen MR) is 86.1 cm³/mol. The van der Waals surface area contributed by atoms with Crippen LogP contribution in [0.3, 0.4) is 0 Å². The van der Waals surface area contributed by atoms with E-state index in [1.807, 2.05) is 0 Å². The lowest BCUT2D eigenvalue weighted by atomic mass is 10.1. The molecule has 0 aliphatic carbocycles. The molecule has 0 aliphatic heterocycles. The molecule has 0 spiro atoms. The van der Waals surface area contributed by atoms with Crippen molar-refractivity contribution in [2.45, 2.75) is 78.2 Å². The van der Waals surface area contributed by atoms with Crippen LogP contribution in [-0.4, -0.2) is 29.0 Å². The average molecular weight is 273 g/mol. The van der Waals surface area contributed by atoms with Crippen molar-refractivity contribution in [2.75, 3.05) is 13.1 Å². The summed E-state index contributed by atoms with van der Waals surface area (Å²) in [5.74, 6) is 0. The van der Waals surface area contributed by atoms with Gasteiger partial charge < -0.3 is 10.6 Å². The number of unbranched alkanes of at least 4 members (excludes halogenated alkanes) is 6. The highest BCUT2D eigenvalue weighted by atomic mass is 32.1. The lowest BCUT2D eigenvalue weighted by Gasteiger charge is -2.26. The molecule has 0 aromatic heterocycles. The molecule has 0 aromatic carbocycles. The third-order valence-corrected chi connectivity index (χ3v) is 3.63. The first-order valence-electron chi connectivity index (χ1n) is 7.60. The van der Waals surface area contributed by atoms with Crippen molar-refractivity contribution in [2.24, 2.45) is 5.73 Å². The SMILES string of the molecule is CCCCCCCCCN(CCC(N)=S)C(C)C. The Morgan fingerprint density at radius 3 is 2.06 bits per heavy atom. The van der Waals surface area contributed by atoms with Crippen molar-refractivity contribution in [3.8, 4) is 0 Å². The Bertz CT molecular complexity index is 205. The zero-order chi connectivity index (χ0) is 13.8. The van der Waals surface area contributed by atoms with E-state index in [1.165, 1.54) is 51.5 Å². The van der Waals surface area contributed by atoms with E-state index in [0.29, 0.717) is 11.0 Å². The summed E-state index contributed by atoms with van der Waals surface area (Å²) in [6.45, 7) is 8.97. The van der Waals surface area contributed by atoms with Crippen LogP contribution >= 0.6 is 12.2 Å². The first-order valence-corrected chi connectivity index (χ1v) is 8.01. The average Bonchev–Trinajstić information content (AvgIpc) is 2.31. The third-order valence-electron chi connectivity index (χ3n) is 3.42. The molecule has 0 heterocycles. The lowest BCUT2D eigenvalue weighted by Crippen LogP contribution is -2.34. The van der Waals surface area contributed by atoms with Gasteiger partial charge in [0.05, 0.1) is 4.99 Å². The monoisotopic (exact) mass is 272 g/mol. The van der Waals surface area contributed by atoms with Crippen molar-refractivity contribution in [3.63, 3.8) is 0 Å². The van der Waals surface area contributed by atoms with E-state index < -0.39 is 0 Å². The highest BCUT2D eigenvalue weighted by Gasteiger charge is 2.08. The number of rotatable bonds is 12. The Kier molecular flexibility index (Phi) is 11.8. The number of nitrogens with two attached hydrogens (primary N) is 1. The van der Waals surface area contributed by atoms with Gasteiger partial charge in [-0.3, -0.25) is 0 Å². The van der Waals surface area contributed by atoms with E-state index in [-0.39, 0.29) is 0 Å². The van der Waals surface area contributed by atoms with Crippen molar-refractivity contribution in [1.82, 2.24) is 4.90 Å². The first-order chi connectivity index (χ1) is 8.57. The number of nitrogens with zero attached hydrogens (tertiary/aromatic N) is 1. The van der Waals surface area contributed by atoms with Gasteiger partial charge in [-0.05, 0) is 26.8 Å². The molecule has 0 saturated heterocycles. The molecular weight excluding hydrogens is 240 g/mol. The molecule has 0 saturated carbocycles. The highest BCUT2D eigenvalue weighted by molar-refractivity contribution is 7.80. The van der Waals surface area contributed by atoms with Gasteiger partial charge in [0.25, 0.3) is 0 Å². The van der Waals surface area contributed by atoms with Crippen molar-refractivity contribution in [1.29, 1.82) is 0 Å². The lowest BCUT2D eigenvalue weighted by molar-refractivity contribution is 0.223. The summed E-state index contributed by atoms with van der Waals surface area (Å²) in [6.07, 6.45) is 10.5. The van der Waals surface area contributed by atoms with Gasteiger partial charge in [-0.15, -0.1) is 0 Å². The molecular formula is C15H32N2S. The second kappa shape index (κ2) is 11.9. The molecule has 2 N–H and O–H groups in total. The van der Waals surface area contributed by atoms with Crippen LogP contribution in [0.15, 0.2) is 0 Å². The van der Waals surface area contributed by atoms with Crippen molar-refractivity contribution in [3.05, 3.63) is 0 Å². The maximum Gasteiger partial charge on any atom is 0.0740 e. The second-order valence-electron chi connectivity index (χ2n) is 5.47. The number of hydrogen-bond donors (Lipinski definition) is 1. The smallest absolute Gasteiger partial charge is 0.0740 e. The van der Waals surface area contributed by atoms with Crippen molar-refractivity contribution < 1.29 is 0 Å². The van der Waals surface area contributed by atoms with Gasteiger partial charge in [-0.2, -0.15) is 0 Å². The molecule has 0 bridgehead atoms. The van der Waals surface area contributed by atoms with Crippen LogP contribution in [0.25, 0.3) is 0 Å². The second-order valence-corrected chi connectivity index (χ2v) is 5.99. The molecule has 0 atom stereocenters. The highest BCUT2D eigenvalue weighted by Crippen LogP contribution is 2.09. The Balaban J connectivity index is 3.55. The van der Waals surface area contributed by atoms with E-state index in [9.17, 15) is 0 Å². The number of thiocarbonyl (C=S) groups is 1. The third kappa shape index (κ3) is 11.0. The maximum atomic E-state index is 5.57. The van der Waals surface area contributed by atoms with Crippen LogP contribution in [0.4, 0.5) is 0 Å². The summed E-state index contributed by atoms with van der Waals surface area (Å²) < 4.78 is 0. The predicted octanol–water partition coefficient (Wildman–Crippen LogP) is 4.12. The summed E-state index contributed by atoms with van der Waals surface area (Å²) in [7, 11) is 0. The van der Waals surface area contributed by atoms with E-state index in [4.69, 9.17) is 18.0 Å². The fraction of sp³-hybridized carbons (Fsp3) is 0.933. The Morgan fingerprint density at radius 1 is 1.00 bits per heavy atom. The van der Waals surface area contributed by atoms with Gasteiger partial charge in [-0.25, -0.2) is 0 Å². The summed E-state index contributed by atoms with van der Waals surface area (Å²) >= 11 is 4.95. The van der Waals surface area contributed by atoms with Gasteiger partial charge in [0.2, 0.25) is 0 Å². The molecule has 18 heavy (non-hydrogen) atoms. The van der Waals surface area contributed by atoms with Gasteiger partial charge in [0, 0.05) is 19.0 Å². The molecule has 3 heteroatoms. The summed E-state index contributed by atoms with van der Waals surface area (Å²) in [6, 6.07) is 0.597. The molecule has 0 aromatic rings. The van der Waals surface area contributed by atoms with Crippen LogP contribution in [-0.2, 0) is 0 Å². The Labute approximate surface area is 119 Å². The topological polar surface area (TPSA) is 29.3 Å². The molecule has 0 amide bonds. The standard InChI is InChI=1S/C15H32N2S/c1-4-5-6-7-8-9-10-12-17(14(2)3)13-11-15(16)18/h14H,4-13H2,1-3H3,(H2,16,18). The summed E-state index contributed by atoms with van der Waals surface area (Å²) in [5, 5.41) is 0. The van der Waals surface area contributed by atoms with Crippen LogP contribution in [0, 0.1) is 0 Å².